The standard InChI is InChI=1S/C20H38/c1-2-3-4-5-6-7-8-9-10-11-12-14-17-20-18-15-13-16-19-20/h13,15,20H,2-12,14,16-19H2,1H3. The molecule has 0 aliphatic heterocycles. The predicted molar refractivity (Wildman–Crippen MR) is 92.2 cm³/mol. The average Bonchev–Trinajstić information content (AvgIpc) is 2.49. The van der Waals surface area contributed by atoms with Crippen LogP contribution >= 0.6 is 0 Å². The summed E-state index contributed by atoms with van der Waals surface area (Å²) >= 11 is 0. The largest absolute Gasteiger partial charge is 0.0885 e. The fraction of sp³-hybridized carbons (Fsp3) is 0.900. The smallest absolute Gasteiger partial charge is 0.0322 e. The summed E-state index contributed by atoms with van der Waals surface area (Å²) in [5.74, 6) is 1.02. The van der Waals surface area contributed by atoms with Gasteiger partial charge in [-0.25, -0.2) is 0 Å². The molecule has 1 rings (SSSR count). The van der Waals surface area contributed by atoms with Crippen molar-refractivity contribution in [3.8, 4) is 0 Å². The van der Waals surface area contributed by atoms with Crippen LogP contribution in [-0.4, -0.2) is 0 Å². The van der Waals surface area contributed by atoms with Gasteiger partial charge in [-0.3, -0.25) is 0 Å². The second-order valence-electron chi connectivity index (χ2n) is 6.83. The molecule has 0 heterocycles. The zero-order chi connectivity index (χ0) is 14.3. The van der Waals surface area contributed by atoms with E-state index in [1.54, 1.807) is 0 Å². The van der Waals surface area contributed by atoms with Crippen molar-refractivity contribution in [2.75, 3.05) is 0 Å². The molecule has 0 aromatic heterocycles. The van der Waals surface area contributed by atoms with Crippen molar-refractivity contribution in [1.82, 2.24) is 0 Å². The summed E-state index contributed by atoms with van der Waals surface area (Å²) in [7, 11) is 0. The molecule has 0 saturated carbocycles. The summed E-state index contributed by atoms with van der Waals surface area (Å²) in [6.07, 6.45) is 28.0. The van der Waals surface area contributed by atoms with E-state index in [4.69, 9.17) is 0 Å². The first-order valence-electron chi connectivity index (χ1n) is 9.58. The first-order chi connectivity index (χ1) is 9.93. The highest BCUT2D eigenvalue weighted by molar-refractivity contribution is 4.89. The quantitative estimate of drug-likeness (QED) is 0.243. The lowest BCUT2D eigenvalue weighted by atomic mass is 9.89. The molecule has 0 N–H and O–H groups in total. The highest BCUT2D eigenvalue weighted by Crippen LogP contribution is 2.24. The van der Waals surface area contributed by atoms with Gasteiger partial charge in [0.05, 0.1) is 0 Å². The fourth-order valence-corrected chi connectivity index (χ4v) is 3.39. The highest BCUT2D eigenvalue weighted by atomic mass is 14.1. The van der Waals surface area contributed by atoms with Gasteiger partial charge in [0.25, 0.3) is 0 Å². The number of unbranched alkanes of at least 4 members (excludes halogenated alkanes) is 11. The molecule has 0 saturated heterocycles. The van der Waals surface area contributed by atoms with E-state index in [-0.39, 0.29) is 0 Å². The average molecular weight is 279 g/mol. The first-order valence-corrected chi connectivity index (χ1v) is 9.58. The van der Waals surface area contributed by atoms with Gasteiger partial charge >= 0.3 is 0 Å². The van der Waals surface area contributed by atoms with Gasteiger partial charge in [0.2, 0.25) is 0 Å². The van der Waals surface area contributed by atoms with E-state index in [0.29, 0.717) is 0 Å². The molecule has 1 unspecified atom stereocenters. The molecular weight excluding hydrogens is 240 g/mol. The van der Waals surface area contributed by atoms with Gasteiger partial charge in [-0.1, -0.05) is 103 Å². The third-order valence-electron chi connectivity index (χ3n) is 4.84. The molecule has 0 nitrogen and oxygen atoms in total. The molecular formula is C20H38. The Morgan fingerprint density at radius 3 is 1.75 bits per heavy atom. The molecule has 0 fully saturated rings. The topological polar surface area (TPSA) is 0 Å². The van der Waals surface area contributed by atoms with Crippen LogP contribution in [0.15, 0.2) is 12.2 Å². The third-order valence-corrected chi connectivity index (χ3v) is 4.84. The van der Waals surface area contributed by atoms with Crippen molar-refractivity contribution in [3.05, 3.63) is 12.2 Å². The zero-order valence-electron chi connectivity index (χ0n) is 14.0. The molecule has 0 radical (unpaired) electrons. The Hall–Kier alpha value is -0.260. The van der Waals surface area contributed by atoms with Crippen LogP contribution < -0.4 is 0 Å². The minimum Gasteiger partial charge on any atom is -0.0885 e. The van der Waals surface area contributed by atoms with Crippen LogP contribution in [0.1, 0.15) is 110 Å². The maximum Gasteiger partial charge on any atom is -0.0322 e. The van der Waals surface area contributed by atoms with Crippen LogP contribution in [0.2, 0.25) is 0 Å². The van der Waals surface area contributed by atoms with E-state index in [2.05, 4.69) is 19.1 Å². The van der Waals surface area contributed by atoms with Gasteiger partial charge in [0.1, 0.15) is 0 Å². The molecule has 1 aliphatic rings. The first kappa shape index (κ1) is 17.8. The second kappa shape index (κ2) is 13.7. The number of hydrogen-bond acceptors (Lipinski definition) is 0. The van der Waals surface area contributed by atoms with Crippen LogP contribution in [0.5, 0.6) is 0 Å². The van der Waals surface area contributed by atoms with Gasteiger partial charge in [-0.15, -0.1) is 0 Å². The van der Waals surface area contributed by atoms with E-state index in [1.807, 2.05) is 0 Å². The Morgan fingerprint density at radius 1 is 0.700 bits per heavy atom. The van der Waals surface area contributed by atoms with Crippen molar-refractivity contribution >= 4 is 0 Å². The molecule has 118 valence electrons. The molecule has 1 aliphatic carbocycles. The lowest BCUT2D eigenvalue weighted by molar-refractivity contribution is 0.418. The molecule has 0 heteroatoms. The maximum atomic E-state index is 2.40. The van der Waals surface area contributed by atoms with Crippen molar-refractivity contribution in [2.24, 2.45) is 5.92 Å². The molecule has 0 spiro atoms. The van der Waals surface area contributed by atoms with E-state index in [0.717, 1.165) is 5.92 Å². The van der Waals surface area contributed by atoms with E-state index in [1.165, 1.54) is 103 Å². The molecule has 0 amide bonds. The summed E-state index contributed by atoms with van der Waals surface area (Å²) in [5.41, 5.74) is 0. The Morgan fingerprint density at radius 2 is 1.25 bits per heavy atom. The van der Waals surface area contributed by atoms with E-state index < -0.39 is 0 Å². The van der Waals surface area contributed by atoms with Gasteiger partial charge in [-0.2, -0.15) is 0 Å². The molecule has 0 aromatic rings. The lowest BCUT2D eigenvalue weighted by Gasteiger charge is -2.17. The zero-order valence-corrected chi connectivity index (χ0v) is 14.0. The Bertz CT molecular complexity index is 216. The van der Waals surface area contributed by atoms with Crippen LogP contribution in [0, 0.1) is 5.92 Å². The molecule has 0 bridgehead atoms. The number of allylic oxidation sites excluding steroid dienone is 2. The highest BCUT2D eigenvalue weighted by Gasteiger charge is 2.08. The van der Waals surface area contributed by atoms with E-state index >= 15 is 0 Å². The lowest BCUT2D eigenvalue weighted by Crippen LogP contribution is -2.02. The number of hydrogen-bond donors (Lipinski definition) is 0. The summed E-state index contributed by atoms with van der Waals surface area (Å²) in [6, 6.07) is 0. The summed E-state index contributed by atoms with van der Waals surface area (Å²) in [4.78, 5) is 0. The van der Waals surface area contributed by atoms with Gasteiger partial charge < -0.3 is 0 Å². The van der Waals surface area contributed by atoms with Gasteiger partial charge in [0.15, 0.2) is 0 Å². The fourth-order valence-electron chi connectivity index (χ4n) is 3.39. The second-order valence-corrected chi connectivity index (χ2v) is 6.83. The van der Waals surface area contributed by atoms with Crippen LogP contribution in [-0.2, 0) is 0 Å². The SMILES string of the molecule is CCCCCCCCCCCCCCC1CC=CCC1. The molecule has 20 heavy (non-hydrogen) atoms. The molecule has 0 aromatic carbocycles. The van der Waals surface area contributed by atoms with Crippen LogP contribution in [0.4, 0.5) is 0 Å². The Kier molecular flexibility index (Phi) is 12.2. The van der Waals surface area contributed by atoms with Gasteiger partial charge in [0, 0.05) is 0 Å². The Balaban J connectivity index is 1.71. The van der Waals surface area contributed by atoms with Crippen molar-refractivity contribution < 1.29 is 0 Å². The van der Waals surface area contributed by atoms with Crippen molar-refractivity contribution in [1.29, 1.82) is 0 Å². The van der Waals surface area contributed by atoms with E-state index in [9.17, 15) is 0 Å². The Labute approximate surface area is 128 Å². The van der Waals surface area contributed by atoms with Crippen molar-refractivity contribution in [2.45, 2.75) is 110 Å². The number of rotatable bonds is 13. The summed E-state index contributed by atoms with van der Waals surface area (Å²) < 4.78 is 0. The predicted octanol–water partition coefficient (Wildman–Crippen LogP) is 7.43. The van der Waals surface area contributed by atoms with Crippen molar-refractivity contribution in [3.63, 3.8) is 0 Å². The summed E-state index contributed by atoms with van der Waals surface area (Å²) in [5, 5.41) is 0. The summed E-state index contributed by atoms with van der Waals surface area (Å²) in [6.45, 7) is 2.30. The molecule has 1 atom stereocenters. The van der Waals surface area contributed by atoms with Crippen LogP contribution in [0.3, 0.4) is 0 Å². The minimum absolute atomic E-state index is 1.02. The minimum atomic E-state index is 1.02. The van der Waals surface area contributed by atoms with Crippen LogP contribution in [0.25, 0.3) is 0 Å². The van der Waals surface area contributed by atoms with Gasteiger partial charge in [-0.05, 0) is 25.2 Å². The monoisotopic (exact) mass is 278 g/mol. The maximum absolute atomic E-state index is 2.40. The third kappa shape index (κ3) is 10.5. The normalized spacial score (nSPS) is 18.6.